The van der Waals surface area contributed by atoms with Gasteiger partial charge in [0.25, 0.3) is 0 Å². The fourth-order valence-electron chi connectivity index (χ4n) is 2.40. The van der Waals surface area contributed by atoms with Gasteiger partial charge in [-0.3, -0.25) is 4.79 Å². The van der Waals surface area contributed by atoms with Crippen molar-refractivity contribution >= 4 is 12.0 Å². The molecule has 5 nitrogen and oxygen atoms in total. The van der Waals surface area contributed by atoms with Crippen molar-refractivity contribution in [1.82, 2.24) is 10.2 Å². The summed E-state index contributed by atoms with van der Waals surface area (Å²) >= 11 is 0. The normalized spacial score (nSPS) is 17.7. The van der Waals surface area contributed by atoms with Crippen LogP contribution < -0.4 is 5.32 Å². The van der Waals surface area contributed by atoms with Gasteiger partial charge in [0.1, 0.15) is 6.10 Å². The van der Waals surface area contributed by atoms with E-state index in [-0.39, 0.29) is 18.1 Å². The maximum atomic E-state index is 11.8. The Hall–Kier alpha value is -2.04. The van der Waals surface area contributed by atoms with E-state index in [1.807, 2.05) is 12.1 Å². The first kappa shape index (κ1) is 15.4. The number of ether oxygens (including phenoxy) is 1. The molecule has 1 unspecified atom stereocenters. The molecule has 0 bridgehead atoms. The molecule has 5 heteroatoms. The number of cyclic esters (lactones) is 1. The van der Waals surface area contributed by atoms with Crippen molar-refractivity contribution in [3.8, 4) is 0 Å². The number of hydrogen-bond donors (Lipinski definition) is 1. The Bertz CT molecular complexity index is 516. The summed E-state index contributed by atoms with van der Waals surface area (Å²) in [6.45, 7) is 3.19. The van der Waals surface area contributed by atoms with Crippen LogP contribution in [-0.2, 0) is 16.0 Å². The van der Waals surface area contributed by atoms with E-state index in [9.17, 15) is 9.59 Å². The number of nitrogens with zero attached hydrogens (tertiary/aromatic N) is 1. The number of carbonyl (C=O) groups excluding carboxylic acids is 2. The topological polar surface area (TPSA) is 58.6 Å². The van der Waals surface area contributed by atoms with Gasteiger partial charge >= 0.3 is 6.09 Å². The minimum absolute atomic E-state index is 0.0379. The smallest absolute Gasteiger partial charge is 0.409 e. The van der Waals surface area contributed by atoms with Gasteiger partial charge in [-0.1, -0.05) is 24.3 Å². The summed E-state index contributed by atoms with van der Waals surface area (Å²) in [6, 6.07) is 8.10. The second kappa shape index (κ2) is 7.11. The van der Waals surface area contributed by atoms with Crippen molar-refractivity contribution in [1.29, 1.82) is 0 Å². The third kappa shape index (κ3) is 4.48. The standard InChI is InChI=1S/C16H22N2O3/c1-12-5-3-4-6-13(12)7-8-15(19)17-10-9-14-11-18(2)16(20)21-14/h3-6,14H,7-11H2,1-2H3,(H,17,19). The Labute approximate surface area is 125 Å². The van der Waals surface area contributed by atoms with Crippen LogP contribution >= 0.6 is 0 Å². The highest BCUT2D eigenvalue weighted by Gasteiger charge is 2.27. The molecular formula is C16H22N2O3. The van der Waals surface area contributed by atoms with E-state index >= 15 is 0 Å². The minimum Gasteiger partial charge on any atom is -0.444 e. The van der Waals surface area contributed by atoms with Gasteiger partial charge in [-0.15, -0.1) is 0 Å². The average molecular weight is 290 g/mol. The van der Waals surface area contributed by atoms with E-state index in [0.29, 0.717) is 25.9 Å². The first-order valence-electron chi connectivity index (χ1n) is 7.29. The summed E-state index contributed by atoms with van der Waals surface area (Å²) in [5, 5.41) is 2.88. The van der Waals surface area contributed by atoms with Crippen LogP contribution in [-0.4, -0.2) is 43.1 Å². The molecule has 0 aromatic heterocycles. The van der Waals surface area contributed by atoms with E-state index in [1.54, 1.807) is 11.9 Å². The molecule has 114 valence electrons. The number of carbonyl (C=O) groups is 2. The fraction of sp³-hybridized carbons (Fsp3) is 0.500. The number of hydrogen-bond acceptors (Lipinski definition) is 3. The third-order valence-electron chi connectivity index (χ3n) is 3.73. The Kier molecular flexibility index (Phi) is 5.20. The zero-order valence-electron chi connectivity index (χ0n) is 12.6. The molecule has 1 saturated heterocycles. The molecule has 1 N–H and O–H groups in total. The molecule has 21 heavy (non-hydrogen) atoms. The lowest BCUT2D eigenvalue weighted by Gasteiger charge is -2.09. The Morgan fingerprint density at radius 3 is 2.86 bits per heavy atom. The molecule has 2 amide bonds. The van der Waals surface area contributed by atoms with Crippen LogP contribution in [0.25, 0.3) is 0 Å². The van der Waals surface area contributed by atoms with Crippen LogP contribution in [0.3, 0.4) is 0 Å². The predicted octanol–water partition coefficient (Wildman–Crippen LogP) is 1.88. The van der Waals surface area contributed by atoms with Crippen molar-refractivity contribution in [3.05, 3.63) is 35.4 Å². The highest BCUT2D eigenvalue weighted by Crippen LogP contribution is 2.11. The summed E-state index contributed by atoms with van der Waals surface area (Å²) in [5.74, 6) is 0.0379. The Balaban J connectivity index is 1.64. The average Bonchev–Trinajstić information content (AvgIpc) is 2.77. The molecule has 1 aromatic carbocycles. The second-order valence-corrected chi connectivity index (χ2v) is 5.45. The van der Waals surface area contributed by atoms with Crippen LogP contribution in [0.1, 0.15) is 24.0 Å². The van der Waals surface area contributed by atoms with Gasteiger partial charge in [-0.2, -0.15) is 0 Å². The van der Waals surface area contributed by atoms with E-state index < -0.39 is 0 Å². The monoisotopic (exact) mass is 290 g/mol. The lowest BCUT2D eigenvalue weighted by atomic mass is 10.0. The van der Waals surface area contributed by atoms with Crippen molar-refractivity contribution in [2.24, 2.45) is 0 Å². The highest BCUT2D eigenvalue weighted by molar-refractivity contribution is 5.76. The SMILES string of the molecule is Cc1ccccc1CCC(=O)NCCC1CN(C)C(=O)O1. The molecule has 0 radical (unpaired) electrons. The van der Waals surface area contributed by atoms with Crippen LogP contribution in [0.5, 0.6) is 0 Å². The van der Waals surface area contributed by atoms with Crippen molar-refractivity contribution < 1.29 is 14.3 Å². The van der Waals surface area contributed by atoms with Gasteiger partial charge in [-0.05, 0) is 24.5 Å². The van der Waals surface area contributed by atoms with Crippen molar-refractivity contribution in [3.63, 3.8) is 0 Å². The van der Waals surface area contributed by atoms with E-state index in [0.717, 1.165) is 6.42 Å². The number of rotatable bonds is 6. The predicted molar refractivity (Wildman–Crippen MR) is 80.0 cm³/mol. The molecule has 1 aromatic rings. The summed E-state index contributed by atoms with van der Waals surface area (Å²) in [6.07, 6.45) is 1.49. The summed E-state index contributed by atoms with van der Waals surface area (Å²) < 4.78 is 5.14. The lowest BCUT2D eigenvalue weighted by molar-refractivity contribution is -0.121. The Morgan fingerprint density at radius 1 is 1.43 bits per heavy atom. The molecule has 0 saturated carbocycles. The van der Waals surface area contributed by atoms with Gasteiger partial charge in [-0.25, -0.2) is 4.79 Å². The quantitative estimate of drug-likeness (QED) is 0.870. The summed E-state index contributed by atoms with van der Waals surface area (Å²) in [4.78, 5) is 24.5. The van der Waals surface area contributed by atoms with Gasteiger partial charge in [0.15, 0.2) is 0 Å². The van der Waals surface area contributed by atoms with Crippen LogP contribution in [0.4, 0.5) is 4.79 Å². The molecule has 1 aliphatic rings. The number of benzene rings is 1. The molecule has 1 aliphatic heterocycles. The van der Waals surface area contributed by atoms with Crippen molar-refractivity contribution in [2.75, 3.05) is 20.1 Å². The first-order valence-corrected chi connectivity index (χ1v) is 7.29. The molecule has 1 atom stereocenters. The van der Waals surface area contributed by atoms with Gasteiger partial charge in [0, 0.05) is 26.4 Å². The number of aryl methyl sites for hydroxylation is 2. The van der Waals surface area contributed by atoms with Crippen molar-refractivity contribution in [2.45, 2.75) is 32.3 Å². The fourth-order valence-corrected chi connectivity index (χ4v) is 2.40. The van der Waals surface area contributed by atoms with Gasteiger partial charge in [0.05, 0.1) is 6.54 Å². The maximum absolute atomic E-state index is 11.8. The van der Waals surface area contributed by atoms with Gasteiger partial charge in [0.2, 0.25) is 5.91 Å². The molecular weight excluding hydrogens is 268 g/mol. The molecule has 1 fully saturated rings. The first-order chi connectivity index (χ1) is 10.1. The molecule has 0 aliphatic carbocycles. The van der Waals surface area contributed by atoms with E-state index in [1.165, 1.54) is 11.1 Å². The largest absolute Gasteiger partial charge is 0.444 e. The van der Waals surface area contributed by atoms with Crippen LogP contribution in [0.15, 0.2) is 24.3 Å². The minimum atomic E-state index is -0.286. The molecule has 2 rings (SSSR count). The summed E-state index contributed by atoms with van der Waals surface area (Å²) in [5.41, 5.74) is 2.42. The highest BCUT2D eigenvalue weighted by atomic mass is 16.6. The van der Waals surface area contributed by atoms with E-state index in [2.05, 4.69) is 24.4 Å². The van der Waals surface area contributed by atoms with Crippen LogP contribution in [0, 0.1) is 6.92 Å². The zero-order chi connectivity index (χ0) is 15.2. The number of amides is 2. The third-order valence-corrected chi connectivity index (χ3v) is 3.73. The van der Waals surface area contributed by atoms with E-state index in [4.69, 9.17) is 4.74 Å². The zero-order valence-corrected chi connectivity index (χ0v) is 12.6. The van der Waals surface area contributed by atoms with Crippen LogP contribution in [0.2, 0.25) is 0 Å². The maximum Gasteiger partial charge on any atom is 0.409 e. The molecule has 1 heterocycles. The summed E-state index contributed by atoms with van der Waals surface area (Å²) in [7, 11) is 1.71. The Morgan fingerprint density at radius 2 is 2.19 bits per heavy atom. The molecule has 0 spiro atoms. The second-order valence-electron chi connectivity index (χ2n) is 5.45. The number of nitrogens with one attached hydrogen (secondary N) is 1. The lowest BCUT2D eigenvalue weighted by Crippen LogP contribution is -2.28. The van der Waals surface area contributed by atoms with Gasteiger partial charge < -0.3 is 15.0 Å². The number of likely N-dealkylation sites (N-methyl/N-ethyl adjacent to an activating group) is 1.